The lowest BCUT2D eigenvalue weighted by atomic mass is 10.1. The number of hydrogen-bond acceptors (Lipinski definition) is 6. The molecule has 0 fully saturated rings. The molecule has 2 aromatic carbocycles. The highest BCUT2D eigenvalue weighted by Gasteiger charge is 2.06. The van der Waals surface area contributed by atoms with E-state index in [1.165, 1.54) is 6.33 Å². The zero-order valence-electron chi connectivity index (χ0n) is 15.1. The predicted molar refractivity (Wildman–Crippen MR) is 107 cm³/mol. The molecule has 0 saturated heterocycles. The Morgan fingerprint density at radius 3 is 2.71 bits per heavy atom. The maximum Gasteiger partial charge on any atom is 0.246 e. The molecule has 0 unspecified atom stereocenters. The molecule has 0 aliphatic heterocycles. The highest BCUT2D eigenvalue weighted by atomic mass is 32.1. The van der Waals surface area contributed by atoms with E-state index in [1.807, 2.05) is 48.5 Å². The smallest absolute Gasteiger partial charge is 0.246 e. The second-order valence-corrected chi connectivity index (χ2v) is 7.37. The van der Waals surface area contributed by atoms with E-state index >= 15 is 0 Å². The largest absolute Gasteiger partial charge is 0.364 e. The van der Waals surface area contributed by atoms with Gasteiger partial charge in [0.05, 0.1) is 23.4 Å². The number of fused-ring (bicyclic) bond motifs is 1. The van der Waals surface area contributed by atoms with Gasteiger partial charge in [0.25, 0.3) is 0 Å². The summed E-state index contributed by atoms with van der Waals surface area (Å²) >= 11 is 1.58. The third-order valence-electron chi connectivity index (χ3n) is 4.12. The number of rotatable bonds is 8. The summed E-state index contributed by atoms with van der Waals surface area (Å²) in [6.07, 6.45) is 3.20. The molecule has 142 valence electrons. The number of benzene rings is 2. The van der Waals surface area contributed by atoms with Gasteiger partial charge in [-0.3, -0.25) is 4.79 Å². The number of carbonyl (C=O) groups is 1. The van der Waals surface area contributed by atoms with Crippen LogP contribution in [0.4, 0.5) is 0 Å². The molecule has 8 heteroatoms. The molecule has 1 N–H and O–H groups in total. The SMILES string of the molecule is O=C(COCc1nc2ccccc2s1)NCc1ccc(Cn2cncn2)cc1. The standard InChI is InChI=1S/C20H19N5O2S/c26-19(11-27-12-20-24-17-3-1-2-4-18(17)28-20)22-9-15-5-7-16(8-6-15)10-25-14-21-13-23-25/h1-8,13-14H,9-12H2,(H,22,26). The quantitative estimate of drug-likeness (QED) is 0.498. The average molecular weight is 393 g/mol. The maximum absolute atomic E-state index is 12.0. The number of carbonyl (C=O) groups excluding carboxylic acids is 1. The monoisotopic (exact) mass is 393 g/mol. The van der Waals surface area contributed by atoms with Gasteiger partial charge in [0.15, 0.2) is 0 Å². The van der Waals surface area contributed by atoms with Crippen LogP contribution in [-0.2, 0) is 29.2 Å². The van der Waals surface area contributed by atoms with E-state index < -0.39 is 0 Å². The summed E-state index contributed by atoms with van der Waals surface area (Å²) in [5, 5.41) is 7.83. The summed E-state index contributed by atoms with van der Waals surface area (Å²) in [5.41, 5.74) is 3.12. The molecule has 0 radical (unpaired) electrons. The van der Waals surface area contributed by atoms with E-state index in [-0.39, 0.29) is 12.5 Å². The van der Waals surface area contributed by atoms with Gasteiger partial charge in [-0.2, -0.15) is 5.10 Å². The number of aromatic nitrogens is 4. The van der Waals surface area contributed by atoms with E-state index in [1.54, 1.807) is 22.3 Å². The zero-order chi connectivity index (χ0) is 19.2. The van der Waals surface area contributed by atoms with Crippen molar-refractivity contribution >= 4 is 27.5 Å². The van der Waals surface area contributed by atoms with Crippen LogP contribution in [0.3, 0.4) is 0 Å². The third kappa shape index (κ3) is 4.79. The van der Waals surface area contributed by atoms with Gasteiger partial charge in [-0.05, 0) is 23.3 Å². The van der Waals surface area contributed by atoms with E-state index in [9.17, 15) is 4.79 Å². The maximum atomic E-state index is 12.0. The number of thiazole rings is 1. The minimum atomic E-state index is -0.146. The Kier molecular flexibility index (Phi) is 5.69. The van der Waals surface area contributed by atoms with Crippen molar-refractivity contribution in [2.45, 2.75) is 19.7 Å². The summed E-state index contributed by atoms with van der Waals surface area (Å²) < 4.78 is 8.38. The Morgan fingerprint density at radius 2 is 1.93 bits per heavy atom. The molecule has 1 amide bonds. The minimum absolute atomic E-state index is 0.0142. The topological polar surface area (TPSA) is 81.9 Å². The molecule has 0 aliphatic rings. The highest BCUT2D eigenvalue weighted by molar-refractivity contribution is 7.18. The van der Waals surface area contributed by atoms with Crippen molar-refractivity contribution in [2.75, 3.05) is 6.61 Å². The molecule has 4 rings (SSSR count). The molecular formula is C20H19N5O2S. The minimum Gasteiger partial charge on any atom is -0.364 e. The highest BCUT2D eigenvalue weighted by Crippen LogP contribution is 2.21. The molecule has 0 saturated carbocycles. The first-order chi connectivity index (χ1) is 13.8. The summed E-state index contributed by atoms with van der Waals surface area (Å²) in [6.45, 7) is 1.49. The van der Waals surface area contributed by atoms with Crippen molar-refractivity contribution in [3.05, 3.63) is 77.3 Å². The summed E-state index contributed by atoms with van der Waals surface area (Å²) in [6, 6.07) is 16.0. The normalized spacial score (nSPS) is 11.0. The van der Waals surface area contributed by atoms with Gasteiger partial charge in [0, 0.05) is 6.54 Å². The second-order valence-electron chi connectivity index (χ2n) is 6.25. The Bertz CT molecular complexity index is 1010. The molecule has 0 spiro atoms. The number of hydrogen-bond donors (Lipinski definition) is 1. The molecule has 4 aromatic rings. The number of para-hydroxylation sites is 1. The number of ether oxygens (including phenoxy) is 1. The first-order valence-corrected chi connectivity index (χ1v) is 9.67. The van der Waals surface area contributed by atoms with Crippen LogP contribution in [0.25, 0.3) is 10.2 Å². The third-order valence-corrected chi connectivity index (χ3v) is 5.13. The van der Waals surface area contributed by atoms with Crippen LogP contribution in [0.2, 0.25) is 0 Å². The van der Waals surface area contributed by atoms with Gasteiger partial charge in [-0.25, -0.2) is 14.6 Å². The zero-order valence-corrected chi connectivity index (χ0v) is 15.9. The second kappa shape index (κ2) is 8.73. The van der Waals surface area contributed by atoms with E-state index in [2.05, 4.69) is 20.4 Å². The van der Waals surface area contributed by atoms with Crippen molar-refractivity contribution < 1.29 is 9.53 Å². The van der Waals surface area contributed by atoms with E-state index in [4.69, 9.17) is 4.74 Å². The van der Waals surface area contributed by atoms with Gasteiger partial charge in [-0.1, -0.05) is 36.4 Å². The van der Waals surface area contributed by atoms with Crippen LogP contribution in [0.15, 0.2) is 61.2 Å². The fraction of sp³-hybridized carbons (Fsp3) is 0.200. The molecular weight excluding hydrogens is 374 g/mol. The van der Waals surface area contributed by atoms with E-state index in [0.717, 1.165) is 26.4 Å². The Labute approximate surface area is 166 Å². The molecule has 0 bridgehead atoms. The molecule has 0 atom stereocenters. The van der Waals surface area contributed by atoms with Crippen molar-refractivity contribution in [3.63, 3.8) is 0 Å². The summed E-state index contributed by atoms with van der Waals surface area (Å²) in [7, 11) is 0. The van der Waals surface area contributed by atoms with Crippen LogP contribution in [0.1, 0.15) is 16.1 Å². The Morgan fingerprint density at radius 1 is 1.11 bits per heavy atom. The molecule has 2 aromatic heterocycles. The Hall–Kier alpha value is -3.10. The molecule has 0 aliphatic carbocycles. The number of amides is 1. The first-order valence-electron chi connectivity index (χ1n) is 8.85. The predicted octanol–water partition coefficient (Wildman–Crippen LogP) is 2.77. The van der Waals surface area contributed by atoms with Gasteiger partial charge in [-0.15, -0.1) is 11.3 Å². The van der Waals surface area contributed by atoms with Crippen LogP contribution in [0, 0.1) is 0 Å². The van der Waals surface area contributed by atoms with Crippen LogP contribution < -0.4 is 5.32 Å². The van der Waals surface area contributed by atoms with Crippen molar-refractivity contribution in [2.24, 2.45) is 0 Å². The summed E-state index contributed by atoms with van der Waals surface area (Å²) in [5.74, 6) is -0.146. The van der Waals surface area contributed by atoms with Crippen molar-refractivity contribution in [3.8, 4) is 0 Å². The van der Waals surface area contributed by atoms with Gasteiger partial charge in [0.1, 0.15) is 24.3 Å². The van der Waals surface area contributed by atoms with Crippen LogP contribution in [-0.4, -0.2) is 32.3 Å². The molecule has 2 heterocycles. The first kappa shape index (κ1) is 18.3. The lowest BCUT2D eigenvalue weighted by Crippen LogP contribution is -2.27. The van der Waals surface area contributed by atoms with Gasteiger partial charge >= 0.3 is 0 Å². The average Bonchev–Trinajstić information content (AvgIpc) is 3.36. The lowest BCUT2D eigenvalue weighted by molar-refractivity contribution is -0.126. The van der Waals surface area contributed by atoms with Crippen molar-refractivity contribution in [1.82, 2.24) is 25.1 Å². The Balaban J connectivity index is 1.19. The van der Waals surface area contributed by atoms with Gasteiger partial charge < -0.3 is 10.1 Å². The van der Waals surface area contributed by atoms with Crippen molar-refractivity contribution in [1.29, 1.82) is 0 Å². The van der Waals surface area contributed by atoms with E-state index in [0.29, 0.717) is 19.7 Å². The van der Waals surface area contributed by atoms with Crippen LogP contribution >= 0.6 is 11.3 Å². The molecule has 28 heavy (non-hydrogen) atoms. The number of nitrogens with zero attached hydrogens (tertiary/aromatic N) is 4. The fourth-order valence-electron chi connectivity index (χ4n) is 2.73. The fourth-order valence-corrected chi connectivity index (χ4v) is 3.63. The number of nitrogens with one attached hydrogen (secondary N) is 1. The summed E-state index contributed by atoms with van der Waals surface area (Å²) in [4.78, 5) is 20.4. The lowest BCUT2D eigenvalue weighted by Gasteiger charge is -2.07. The molecule has 7 nitrogen and oxygen atoms in total. The van der Waals surface area contributed by atoms with Gasteiger partial charge in [0.2, 0.25) is 5.91 Å². The van der Waals surface area contributed by atoms with Crippen LogP contribution in [0.5, 0.6) is 0 Å².